The number of nitrogens with one attached hydrogen (secondary N) is 2. The van der Waals surface area contributed by atoms with Gasteiger partial charge in [0.15, 0.2) is 0 Å². The highest BCUT2D eigenvalue weighted by Crippen LogP contribution is 2.40. The monoisotopic (exact) mass is 571 g/mol. The summed E-state index contributed by atoms with van der Waals surface area (Å²) in [4.78, 5) is 15.3. The number of aromatic hydroxyl groups is 1. The van der Waals surface area contributed by atoms with Crippen LogP contribution < -0.4 is 15.4 Å². The molecule has 0 atom stereocenters. The Bertz CT molecular complexity index is 1280. The van der Waals surface area contributed by atoms with Crippen LogP contribution in [-0.2, 0) is 23.8 Å². The fourth-order valence-electron chi connectivity index (χ4n) is 5.56. The zero-order chi connectivity index (χ0) is 30.3. The van der Waals surface area contributed by atoms with Crippen molar-refractivity contribution >= 4 is 11.7 Å². The van der Waals surface area contributed by atoms with Crippen LogP contribution >= 0.6 is 0 Å². The third-order valence-corrected chi connectivity index (χ3v) is 7.96. The number of nitrogens with zero attached hydrogens (tertiary/aromatic N) is 1. The number of phenols is 1. The first-order chi connectivity index (χ1) is 19.9. The van der Waals surface area contributed by atoms with Gasteiger partial charge in [-0.2, -0.15) is 0 Å². The van der Waals surface area contributed by atoms with Crippen LogP contribution in [0.5, 0.6) is 11.5 Å². The first-order valence-corrected chi connectivity index (χ1v) is 15.3. The first kappa shape index (κ1) is 31.4. The molecule has 6 nitrogen and oxygen atoms in total. The molecule has 6 heteroatoms. The minimum atomic E-state index is -0.193. The molecule has 0 spiro atoms. The molecule has 1 aliphatic heterocycles. The van der Waals surface area contributed by atoms with E-state index in [9.17, 15) is 9.90 Å². The molecule has 3 aromatic rings. The number of likely N-dealkylation sites (tertiary alicyclic amines) is 1. The van der Waals surface area contributed by atoms with E-state index in [1.165, 1.54) is 11.1 Å². The van der Waals surface area contributed by atoms with E-state index in [2.05, 4.69) is 93.5 Å². The summed E-state index contributed by atoms with van der Waals surface area (Å²) in [5.74, 6) is 1.08. The fraction of sp³-hybridized carbons (Fsp3) is 0.472. The Kier molecular flexibility index (Phi) is 10.2. The van der Waals surface area contributed by atoms with Gasteiger partial charge in [-0.3, -0.25) is 4.90 Å². The highest BCUT2D eigenvalue weighted by atomic mass is 16.5. The van der Waals surface area contributed by atoms with Crippen molar-refractivity contribution in [3.63, 3.8) is 0 Å². The summed E-state index contributed by atoms with van der Waals surface area (Å²) in [5.41, 5.74) is 4.85. The molecule has 1 aliphatic rings. The van der Waals surface area contributed by atoms with Crippen molar-refractivity contribution in [2.75, 3.05) is 25.0 Å². The lowest BCUT2D eigenvalue weighted by atomic mass is 9.78. The number of amides is 2. The van der Waals surface area contributed by atoms with Crippen molar-refractivity contribution in [3.05, 3.63) is 89.0 Å². The minimum absolute atomic E-state index is 0.152. The van der Waals surface area contributed by atoms with Gasteiger partial charge in [0.25, 0.3) is 0 Å². The van der Waals surface area contributed by atoms with Crippen LogP contribution in [0.2, 0.25) is 0 Å². The normalized spacial score (nSPS) is 14.9. The number of piperidine rings is 1. The van der Waals surface area contributed by atoms with Crippen molar-refractivity contribution in [3.8, 4) is 11.5 Å². The Labute approximate surface area is 252 Å². The smallest absolute Gasteiger partial charge is 0.319 e. The molecule has 1 heterocycles. The fourth-order valence-corrected chi connectivity index (χ4v) is 5.56. The van der Waals surface area contributed by atoms with Crippen LogP contribution in [0.25, 0.3) is 0 Å². The molecule has 0 aliphatic carbocycles. The van der Waals surface area contributed by atoms with Gasteiger partial charge in [-0.25, -0.2) is 4.79 Å². The molecule has 0 bridgehead atoms. The molecular weight excluding hydrogens is 522 g/mol. The first-order valence-electron chi connectivity index (χ1n) is 15.3. The van der Waals surface area contributed by atoms with Gasteiger partial charge >= 0.3 is 6.03 Å². The number of para-hydroxylation sites is 2. The maximum absolute atomic E-state index is 12.9. The van der Waals surface area contributed by atoms with E-state index in [0.29, 0.717) is 23.8 Å². The van der Waals surface area contributed by atoms with E-state index >= 15 is 0 Å². The zero-order valence-electron chi connectivity index (χ0n) is 26.3. The molecule has 3 N–H and O–H groups in total. The topological polar surface area (TPSA) is 73.8 Å². The Morgan fingerprint density at radius 1 is 0.881 bits per heavy atom. The minimum Gasteiger partial charge on any atom is -0.507 e. The zero-order valence-corrected chi connectivity index (χ0v) is 26.3. The van der Waals surface area contributed by atoms with E-state index in [1.54, 1.807) is 0 Å². The second-order valence-electron chi connectivity index (χ2n) is 13.6. The molecule has 4 rings (SSSR count). The molecule has 1 saturated heterocycles. The van der Waals surface area contributed by atoms with Crippen molar-refractivity contribution in [2.45, 2.75) is 90.6 Å². The van der Waals surface area contributed by atoms with Crippen molar-refractivity contribution in [1.82, 2.24) is 10.2 Å². The third-order valence-electron chi connectivity index (χ3n) is 7.96. The number of ether oxygens (including phenoxy) is 1. The summed E-state index contributed by atoms with van der Waals surface area (Å²) < 4.78 is 6.14. The molecule has 3 aromatic carbocycles. The average Bonchev–Trinajstić information content (AvgIpc) is 2.93. The van der Waals surface area contributed by atoms with E-state index < -0.39 is 0 Å². The molecule has 226 valence electrons. The summed E-state index contributed by atoms with van der Waals surface area (Å²) in [6.07, 6.45) is 3.53. The van der Waals surface area contributed by atoms with Crippen molar-refractivity contribution in [1.29, 1.82) is 0 Å². The molecule has 0 saturated carbocycles. The Hall–Kier alpha value is -3.51. The van der Waals surface area contributed by atoms with Crippen LogP contribution in [0.4, 0.5) is 10.5 Å². The van der Waals surface area contributed by atoms with Gasteiger partial charge in [0.1, 0.15) is 11.5 Å². The standard InChI is InChI=1S/C36H49N3O3/c1-35(2,3)29-23-27(24-30(33(29)40)36(4,5)6)15-12-22-42-32-17-11-10-16-31(32)38-34(41)37-28-18-20-39(21-19-28)25-26-13-8-7-9-14-26/h7-11,13-14,16-17,23-24,28,40H,12,15,18-22,25H2,1-6H3,(H2,37,38,41). The Balaban J connectivity index is 1.27. The van der Waals surface area contributed by atoms with Gasteiger partial charge in [-0.1, -0.05) is 96.1 Å². The lowest BCUT2D eigenvalue weighted by Crippen LogP contribution is -2.45. The van der Waals surface area contributed by atoms with Crippen LogP contribution in [0.1, 0.15) is 83.1 Å². The number of anilines is 1. The number of carbonyl (C=O) groups is 1. The highest BCUT2D eigenvalue weighted by molar-refractivity contribution is 5.91. The number of phenolic OH excluding ortho intramolecular Hbond substituents is 1. The van der Waals surface area contributed by atoms with Gasteiger partial charge < -0.3 is 20.5 Å². The maximum atomic E-state index is 12.9. The average molecular weight is 572 g/mol. The summed E-state index contributed by atoms with van der Waals surface area (Å²) >= 11 is 0. The van der Waals surface area contributed by atoms with Crippen LogP contribution in [-0.4, -0.2) is 41.8 Å². The number of aryl methyl sites for hydroxylation is 1. The molecule has 0 radical (unpaired) electrons. The van der Waals surface area contributed by atoms with Gasteiger partial charge in [0.05, 0.1) is 12.3 Å². The van der Waals surface area contributed by atoms with E-state index in [-0.39, 0.29) is 22.9 Å². The van der Waals surface area contributed by atoms with Crippen LogP contribution in [0.3, 0.4) is 0 Å². The highest BCUT2D eigenvalue weighted by Gasteiger charge is 2.26. The lowest BCUT2D eigenvalue weighted by Gasteiger charge is -2.32. The number of benzene rings is 3. The van der Waals surface area contributed by atoms with E-state index in [0.717, 1.165) is 56.4 Å². The summed E-state index contributed by atoms with van der Waals surface area (Å²) in [6, 6.07) is 22.4. The SMILES string of the molecule is CC(C)(C)c1cc(CCCOc2ccccc2NC(=O)NC2CCN(Cc3ccccc3)CC2)cc(C(C)(C)C)c1O. The molecule has 1 fully saturated rings. The lowest BCUT2D eigenvalue weighted by molar-refractivity contribution is 0.190. The second-order valence-corrected chi connectivity index (χ2v) is 13.6. The van der Waals surface area contributed by atoms with Gasteiger partial charge in [0, 0.05) is 25.7 Å². The predicted molar refractivity (Wildman–Crippen MR) is 173 cm³/mol. The number of hydrogen-bond donors (Lipinski definition) is 3. The van der Waals surface area contributed by atoms with Gasteiger partial charge in [-0.15, -0.1) is 0 Å². The number of carbonyl (C=O) groups excluding carboxylic acids is 1. The van der Waals surface area contributed by atoms with Crippen LogP contribution in [0.15, 0.2) is 66.7 Å². The molecule has 2 amide bonds. The maximum Gasteiger partial charge on any atom is 0.319 e. The second kappa shape index (κ2) is 13.6. The third kappa shape index (κ3) is 8.75. The number of urea groups is 1. The molecule has 42 heavy (non-hydrogen) atoms. The van der Waals surface area contributed by atoms with E-state index in [4.69, 9.17) is 4.74 Å². The predicted octanol–water partition coefficient (Wildman–Crippen LogP) is 7.78. The summed E-state index contributed by atoms with van der Waals surface area (Å²) in [6.45, 7) is 16.2. The van der Waals surface area contributed by atoms with Crippen molar-refractivity contribution in [2.24, 2.45) is 0 Å². The Morgan fingerprint density at radius 3 is 2.10 bits per heavy atom. The van der Waals surface area contributed by atoms with Gasteiger partial charge in [-0.05, 0) is 70.9 Å². The molecule has 0 unspecified atom stereocenters. The van der Waals surface area contributed by atoms with Crippen LogP contribution in [0, 0.1) is 0 Å². The van der Waals surface area contributed by atoms with E-state index in [1.807, 2.05) is 30.3 Å². The largest absolute Gasteiger partial charge is 0.507 e. The molecular formula is C36H49N3O3. The summed E-state index contributed by atoms with van der Waals surface area (Å²) in [5, 5.41) is 17.2. The van der Waals surface area contributed by atoms with Crippen molar-refractivity contribution < 1.29 is 14.6 Å². The summed E-state index contributed by atoms with van der Waals surface area (Å²) in [7, 11) is 0. The van der Waals surface area contributed by atoms with Gasteiger partial charge in [0.2, 0.25) is 0 Å². The number of hydrogen-bond acceptors (Lipinski definition) is 4. The Morgan fingerprint density at radius 2 is 1.48 bits per heavy atom. The quantitative estimate of drug-likeness (QED) is 0.229. The number of rotatable bonds is 9. The molecule has 0 aromatic heterocycles.